The summed E-state index contributed by atoms with van der Waals surface area (Å²) in [5.74, 6) is 0.530. The lowest BCUT2D eigenvalue weighted by Gasteiger charge is -2.16. The first-order chi connectivity index (χ1) is 16.8. The summed E-state index contributed by atoms with van der Waals surface area (Å²) in [6, 6.07) is 20.6. The van der Waals surface area contributed by atoms with Crippen molar-refractivity contribution in [3.8, 4) is 11.5 Å². The van der Waals surface area contributed by atoms with Crippen LogP contribution >= 0.6 is 0 Å². The third-order valence-electron chi connectivity index (χ3n) is 5.81. The standard InChI is InChI=1S/C27H20F3N3O2/c1-16(21-5-3-6-23-25(21)32-15-31-23)33-26(34)18-8-13-22-17(14-18)4-2-7-24(22)35-20-11-9-19(10-12-20)27(28,29)30/h2-16H,1H3,(H,31,32)(H,33,34). The monoisotopic (exact) mass is 475 g/mol. The number of halogens is 3. The number of imidazole rings is 1. The zero-order valence-corrected chi connectivity index (χ0v) is 18.6. The Morgan fingerprint density at radius 2 is 1.77 bits per heavy atom. The highest BCUT2D eigenvalue weighted by Gasteiger charge is 2.30. The Morgan fingerprint density at radius 1 is 1.00 bits per heavy atom. The molecule has 5 rings (SSSR count). The largest absolute Gasteiger partial charge is 0.457 e. The molecule has 0 spiro atoms. The molecule has 1 unspecified atom stereocenters. The van der Waals surface area contributed by atoms with Crippen molar-refractivity contribution in [1.82, 2.24) is 15.3 Å². The fraction of sp³-hybridized carbons (Fsp3) is 0.111. The SMILES string of the molecule is CC(NC(=O)c1ccc2c(Oc3ccc(C(F)(F)F)cc3)cccc2c1)c1cccc2[nH]cnc12. The third kappa shape index (κ3) is 4.55. The second kappa shape index (κ2) is 8.79. The van der Waals surface area contributed by atoms with Crippen LogP contribution in [0.5, 0.6) is 11.5 Å². The van der Waals surface area contributed by atoms with Crippen LogP contribution in [0.3, 0.4) is 0 Å². The summed E-state index contributed by atoms with van der Waals surface area (Å²) < 4.78 is 44.3. The van der Waals surface area contributed by atoms with Crippen LogP contribution in [-0.4, -0.2) is 15.9 Å². The molecular formula is C27H20F3N3O2. The van der Waals surface area contributed by atoms with Crippen molar-refractivity contribution < 1.29 is 22.7 Å². The van der Waals surface area contributed by atoms with Gasteiger partial charge in [0.15, 0.2) is 0 Å². The lowest BCUT2D eigenvalue weighted by atomic mass is 10.0. The zero-order valence-electron chi connectivity index (χ0n) is 18.6. The molecule has 176 valence electrons. The molecule has 0 saturated heterocycles. The van der Waals surface area contributed by atoms with Gasteiger partial charge >= 0.3 is 6.18 Å². The number of alkyl halides is 3. The van der Waals surface area contributed by atoms with Gasteiger partial charge in [-0.3, -0.25) is 4.79 Å². The predicted octanol–water partition coefficient (Wildman–Crippen LogP) is 7.02. The summed E-state index contributed by atoms with van der Waals surface area (Å²) >= 11 is 0. The van der Waals surface area contributed by atoms with E-state index >= 15 is 0 Å². The number of fused-ring (bicyclic) bond motifs is 2. The number of amides is 1. The summed E-state index contributed by atoms with van der Waals surface area (Å²) in [5.41, 5.74) is 2.35. The van der Waals surface area contributed by atoms with Crippen LogP contribution in [0, 0.1) is 0 Å². The lowest BCUT2D eigenvalue weighted by molar-refractivity contribution is -0.137. The molecule has 0 saturated carbocycles. The maximum Gasteiger partial charge on any atom is 0.416 e. The van der Waals surface area contributed by atoms with Crippen molar-refractivity contribution in [3.05, 3.63) is 102 Å². The van der Waals surface area contributed by atoms with Crippen LogP contribution in [0.4, 0.5) is 13.2 Å². The van der Waals surface area contributed by atoms with E-state index in [0.29, 0.717) is 11.3 Å². The first-order valence-electron chi connectivity index (χ1n) is 10.9. The van der Waals surface area contributed by atoms with E-state index in [9.17, 15) is 18.0 Å². The van der Waals surface area contributed by atoms with E-state index < -0.39 is 11.7 Å². The molecule has 5 nitrogen and oxygen atoms in total. The number of hydrogen-bond donors (Lipinski definition) is 2. The Labute approximate surface area is 198 Å². The third-order valence-corrected chi connectivity index (χ3v) is 5.81. The lowest BCUT2D eigenvalue weighted by Crippen LogP contribution is -2.26. The van der Waals surface area contributed by atoms with Crippen molar-refractivity contribution in [2.75, 3.05) is 0 Å². The number of nitrogens with one attached hydrogen (secondary N) is 2. The molecule has 0 fully saturated rings. The number of para-hydroxylation sites is 1. The first kappa shape index (κ1) is 22.5. The normalized spacial score (nSPS) is 12.6. The molecule has 4 aromatic carbocycles. The van der Waals surface area contributed by atoms with Gasteiger partial charge in [-0.2, -0.15) is 13.2 Å². The van der Waals surface area contributed by atoms with Crippen LogP contribution in [0.2, 0.25) is 0 Å². The molecule has 1 heterocycles. The Bertz CT molecular complexity index is 1520. The molecule has 1 atom stereocenters. The number of nitrogens with zero attached hydrogens (tertiary/aromatic N) is 1. The Kier molecular flexibility index (Phi) is 5.64. The molecule has 2 N–H and O–H groups in total. The molecular weight excluding hydrogens is 455 g/mol. The number of H-pyrrole nitrogens is 1. The van der Waals surface area contributed by atoms with E-state index in [2.05, 4.69) is 15.3 Å². The zero-order chi connectivity index (χ0) is 24.6. The molecule has 1 aromatic heterocycles. The van der Waals surface area contributed by atoms with Gasteiger partial charge in [-0.15, -0.1) is 0 Å². The quantitative estimate of drug-likeness (QED) is 0.287. The highest BCUT2D eigenvalue weighted by atomic mass is 19.4. The molecule has 0 aliphatic carbocycles. The Hall–Kier alpha value is -4.33. The average molecular weight is 475 g/mol. The minimum atomic E-state index is -4.41. The molecule has 0 aliphatic heterocycles. The topological polar surface area (TPSA) is 67.0 Å². The van der Waals surface area contributed by atoms with Gasteiger partial charge in [-0.25, -0.2) is 4.98 Å². The van der Waals surface area contributed by atoms with Crippen molar-refractivity contribution in [2.45, 2.75) is 19.1 Å². The number of carbonyl (C=O) groups is 1. The number of aromatic amines is 1. The number of carbonyl (C=O) groups excluding carboxylic acids is 1. The summed E-state index contributed by atoms with van der Waals surface area (Å²) in [6.07, 6.45) is -2.78. The van der Waals surface area contributed by atoms with E-state index in [1.165, 1.54) is 12.1 Å². The number of ether oxygens (including phenoxy) is 1. The molecule has 35 heavy (non-hydrogen) atoms. The molecule has 1 amide bonds. The van der Waals surface area contributed by atoms with Crippen LogP contribution in [0.1, 0.15) is 34.5 Å². The second-order valence-corrected chi connectivity index (χ2v) is 8.16. The van der Waals surface area contributed by atoms with Gasteiger partial charge in [0, 0.05) is 16.5 Å². The maximum absolute atomic E-state index is 13.0. The molecule has 0 bridgehead atoms. The number of rotatable bonds is 5. The van der Waals surface area contributed by atoms with E-state index in [1.807, 2.05) is 31.2 Å². The van der Waals surface area contributed by atoms with Crippen LogP contribution in [0.25, 0.3) is 21.8 Å². The van der Waals surface area contributed by atoms with Gasteiger partial charge in [0.1, 0.15) is 11.5 Å². The Morgan fingerprint density at radius 3 is 2.54 bits per heavy atom. The van der Waals surface area contributed by atoms with Gasteiger partial charge < -0.3 is 15.0 Å². The smallest absolute Gasteiger partial charge is 0.416 e. The van der Waals surface area contributed by atoms with Gasteiger partial charge in [-0.05, 0) is 66.9 Å². The van der Waals surface area contributed by atoms with Gasteiger partial charge in [-0.1, -0.05) is 24.3 Å². The summed E-state index contributed by atoms with van der Waals surface area (Å²) in [6.45, 7) is 1.90. The van der Waals surface area contributed by atoms with E-state index in [4.69, 9.17) is 4.74 Å². The van der Waals surface area contributed by atoms with Crippen molar-refractivity contribution in [3.63, 3.8) is 0 Å². The van der Waals surface area contributed by atoms with Gasteiger partial charge in [0.2, 0.25) is 0 Å². The Balaban J connectivity index is 1.36. The fourth-order valence-electron chi connectivity index (χ4n) is 4.02. The average Bonchev–Trinajstić information content (AvgIpc) is 3.33. The maximum atomic E-state index is 13.0. The van der Waals surface area contributed by atoms with Crippen molar-refractivity contribution in [1.29, 1.82) is 0 Å². The summed E-state index contributed by atoms with van der Waals surface area (Å²) in [5, 5.41) is 4.52. The van der Waals surface area contributed by atoms with Crippen LogP contribution in [0.15, 0.2) is 85.2 Å². The van der Waals surface area contributed by atoms with Crippen molar-refractivity contribution >= 4 is 27.7 Å². The minimum absolute atomic E-state index is 0.235. The fourth-order valence-corrected chi connectivity index (χ4v) is 4.02. The van der Waals surface area contributed by atoms with E-state index in [1.54, 1.807) is 36.7 Å². The molecule has 8 heteroatoms. The molecule has 5 aromatic rings. The van der Waals surface area contributed by atoms with Crippen LogP contribution < -0.4 is 10.1 Å². The molecule has 0 radical (unpaired) electrons. The number of hydrogen-bond acceptors (Lipinski definition) is 3. The number of benzene rings is 4. The summed E-state index contributed by atoms with van der Waals surface area (Å²) in [4.78, 5) is 20.4. The summed E-state index contributed by atoms with van der Waals surface area (Å²) in [7, 11) is 0. The minimum Gasteiger partial charge on any atom is -0.457 e. The van der Waals surface area contributed by atoms with Crippen molar-refractivity contribution in [2.24, 2.45) is 0 Å². The van der Waals surface area contributed by atoms with E-state index in [0.717, 1.165) is 39.5 Å². The van der Waals surface area contributed by atoms with Crippen LogP contribution in [-0.2, 0) is 6.18 Å². The van der Waals surface area contributed by atoms with Gasteiger partial charge in [0.05, 0.1) is 29.0 Å². The second-order valence-electron chi connectivity index (χ2n) is 8.16. The first-order valence-corrected chi connectivity index (χ1v) is 10.9. The number of aromatic nitrogens is 2. The highest BCUT2D eigenvalue weighted by Crippen LogP contribution is 2.34. The van der Waals surface area contributed by atoms with Gasteiger partial charge in [0.25, 0.3) is 5.91 Å². The highest BCUT2D eigenvalue weighted by molar-refractivity contribution is 6.00. The predicted molar refractivity (Wildman–Crippen MR) is 127 cm³/mol. The molecule has 0 aliphatic rings. The van der Waals surface area contributed by atoms with E-state index in [-0.39, 0.29) is 17.7 Å².